The van der Waals surface area contributed by atoms with Crippen molar-refractivity contribution in [1.29, 1.82) is 0 Å². The van der Waals surface area contributed by atoms with Gasteiger partial charge >= 0.3 is 0 Å². The minimum atomic E-state index is 0.107. The fourth-order valence-electron chi connectivity index (χ4n) is 3.89. The maximum Gasteiger partial charge on any atom is 0.234 e. The summed E-state index contributed by atoms with van der Waals surface area (Å²) in [5, 5.41) is 5.08. The van der Waals surface area contributed by atoms with E-state index in [4.69, 9.17) is 11.6 Å². The van der Waals surface area contributed by atoms with Gasteiger partial charge in [-0.2, -0.15) is 0 Å². The monoisotopic (exact) mass is 410 g/mol. The van der Waals surface area contributed by atoms with Crippen LogP contribution in [-0.4, -0.2) is 60.0 Å². The Bertz CT molecular complexity index is 945. The molecular formula is C23H27ClN4O. The topological polar surface area (TPSA) is 51.4 Å². The van der Waals surface area contributed by atoms with E-state index in [1.54, 1.807) is 0 Å². The highest BCUT2D eigenvalue weighted by molar-refractivity contribution is 6.30. The molecule has 0 bridgehead atoms. The van der Waals surface area contributed by atoms with Gasteiger partial charge in [-0.1, -0.05) is 41.9 Å². The molecule has 0 atom stereocenters. The number of nitrogens with one attached hydrogen (secondary N) is 2. The van der Waals surface area contributed by atoms with Gasteiger partial charge in [0, 0.05) is 61.4 Å². The summed E-state index contributed by atoms with van der Waals surface area (Å²) >= 11 is 5.95. The molecule has 0 spiro atoms. The second-order valence-corrected chi connectivity index (χ2v) is 8.07. The highest BCUT2D eigenvalue weighted by Crippen LogP contribution is 2.17. The first-order chi connectivity index (χ1) is 14.2. The first-order valence-electron chi connectivity index (χ1n) is 10.2. The fourth-order valence-corrected chi connectivity index (χ4v) is 4.01. The van der Waals surface area contributed by atoms with Crippen molar-refractivity contribution in [2.75, 3.05) is 39.3 Å². The zero-order valence-corrected chi connectivity index (χ0v) is 17.3. The summed E-state index contributed by atoms with van der Waals surface area (Å²) in [5.74, 6) is 0.107. The number of hydrogen-bond donors (Lipinski definition) is 2. The zero-order valence-electron chi connectivity index (χ0n) is 16.5. The van der Waals surface area contributed by atoms with E-state index < -0.39 is 0 Å². The fraction of sp³-hybridized carbons (Fsp3) is 0.348. The molecule has 1 amide bonds. The number of piperazine rings is 1. The van der Waals surface area contributed by atoms with E-state index in [9.17, 15) is 4.79 Å². The lowest BCUT2D eigenvalue weighted by molar-refractivity contribution is -0.122. The highest BCUT2D eigenvalue weighted by Gasteiger charge is 2.19. The first kappa shape index (κ1) is 20.0. The third-order valence-electron chi connectivity index (χ3n) is 5.54. The van der Waals surface area contributed by atoms with Crippen molar-refractivity contribution in [1.82, 2.24) is 20.1 Å². The molecule has 1 saturated heterocycles. The van der Waals surface area contributed by atoms with Crippen LogP contribution in [0.5, 0.6) is 0 Å². The molecule has 0 saturated carbocycles. The van der Waals surface area contributed by atoms with E-state index in [0.29, 0.717) is 13.1 Å². The van der Waals surface area contributed by atoms with Crippen LogP contribution in [0.2, 0.25) is 5.02 Å². The second kappa shape index (κ2) is 9.44. The van der Waals surface area contributed by atoms with Gasteiger partial charge in [-0.3, -0.25) is 14.6 Å². The summed E-state index contributed by atoms with van der Waals surface area (Å²) < 4.78 is 0. The van der Waals surface area contributed by atoms with Crippen molar-refractivity contribution >= 4 is 28.4 Å². The number of nitrogens with zero attached hydrogens (tertiary/aromatic N) is 2. The third kappa shape index (κ3) is 5.38. The molecule has 1 fully saturated rings. The van der Waals surface area contributed by atoms with Crippen molar-refractivity contribution < 1.29 is 4.79 Å². The quantitative estimate of drug-likeness (QED) is 0.628. The summed E-state index contributed by atoms with van der Waals surface area (Å²) in [6, 6.07) is 16.3. The largest absolute Gasteiger partial charge is 0.361 e. The smallest absolute Gasteiger partial charge is 0.234 e. The van der Waals surface area contributed by atoms with Crippen molar-refractivity contribution in [2.45, 2.75) is 13.0 Å². The number of aromatic amines is 1. The van der Waals surface area contributed by atoms with E-state index in [1.807, 2.05) is 30.5 Å². The van der Waals surface area contributed by atoms with Gasteiger partial charge in [0.1, 0.15) is 0 Å². The van der Waals surface area contributed by atoms with Crippen LogP contribution in [-0.2, 0) is 17.8 Å². The summed E-state index contributed by atoms with van der Waals surface area (Å²) in [6.45, 7) is 5.87. The maximum atomic E-state index is 12.3. The minimum absolute atomic E-state index is 0.107. The number of fused-ring (bicyclic) bond motifs is 1. The van der Waals surface area contributed by atoms with E-state index in [1.165, 1.54) is 16.5 Å². The molecule has 1 aliphatic heterocycles. The molecule has 6 heteroatoms. The molecule has 0 unspecified atom stereocenters. The molecule has 3 aromatic rings. The average molecular weight is 411 g/mol. The molecule has 2 aromatic carbocycles. The number of aromatic nitrogens is 1. The van der Waals surface area contributed by atoms with E-state index >= 15 is 0 Å². The van der Waals surface area contributed by atoms with Gasteiger partial charge in [-0.15, -0.1) is 0 Å². The number of amides is 1. The normalized spacial score (nSPS) is 15.6. The number of hydrogen-bond acceptors (Lipinski definition) is 3. The number of halogens is 1. The SMILES string of the molecule is O=C(CN1CCN(Cc2ccc(Cl)cc2)CC1)NCCc1c[nH]c2ccccc12. The van der Waals surface area contributed by atoms with Crippen LogP contribution in [0.25, 0.3) is 10.9 Å². The Morgan fingerprint density at radius 3 is 2.52 bits per heavy atom. The summed E-state index contributed by atoms with van der Waals surface area (Å²) in [4.78, 5) is 20.3. The lowest BCUT2D eigenvalue weighted by atomic mass is 10.1. The summed E-state index contributed by atoms with van der Waals surface area (Å²) in [5.41, 5.74) is 3.67. The zero-order chi connectivity index (χ0) is 20.1. The molecule has 1 aliphatic rings. The highest BCUT2D eigenvalue weighted by atomic mass is 35.5. The van der Waals surface area contributed by atoms with Crippen LogP contribution in [0.3, 0.4) is 0 Å². The maximum absolute atomic E-state index is 12.3. The number of H-pyrrole nitrogens is 1. The van der Waals surface area contributed by atoms with Crippen molar-refractivity contribution in [3.63, 3.8) is 0 Å². The standard InChI is InChI=1S/C23H27ClN4O/c24-20-7-5-18(6-8-20)16-27-11-13-28(14-12-27)17-23(29)25-10-9-19-15-26-22-4-2-1-3-21(19)22/h1-8,15,26H,9-14,16-17H2,(H,25,29). The van der Waals surface area contributed by atoms with Crippen LogP contribution in [0.15, 0.2) is 54.7 Å². The van der Waals surface area contributed by atoms with Crippen molar-refractivity contribution in [3.8, 4) is 0 Å². The van der Waals surface area contributed by atoms with E-state index in [2.05, 4.69) is 44.4 Å². The predicted molar refractivity (Wildman–Crippen MR) is 118 cm³/mol. The van der Waals surface area contributed by atoms with Gasteiger partial charge in [0.05, 0.1) is 6.54 Å². The molecule has 2 heterocycles. The number of rotatable bonds is 7. The molecule has 2 N–H and O–H groups in total. The summed E-state index contributed by atoms with van der Waals surface area (Å²) in [6.07, 6.45) is 2.88. The lowest BCUT2D eigenvalue weighted by Crippen LogP contribution is -2.49. The average Bonchev–Trinajstić information content (AvgIpc) is 3.14. The van der Waals surface area contributed by atoms with Gasteiger partial charge in [-0.25, -0.2) is 0 Å². The van der Waals surface area contributed by atoms with Gasteiger partial charge in [-0.05, 0) is 35.7 Å². The molecule has 4 rings (SSSR count). The summed E-state index contributed by atoms with van der Waals surface area (Å²) in [7, 11) is 0. The van der Waals surface area contributed by atoms with Gasteiger partial charge in [0.15, 0.2) is 0 Å². The lowest BCUT2D eigenvalue weighted by Gasteiger charge is -2.34. The third-order valence-corrected chi connectivity index (χ3v) is 5.79. The Kier molecular flexibility index (Phi) is 6.49. The molecule has 152 valence electrons. The first-order valence-corrected chi connectivity index (χ1v) is 10.6. The van der Waals surface area contributed by atoms with Crippen LogP contribution in [0.1, 0.15) is 11.1 Å². The number of para-hydroxylation sites is 1. The Hall–Kier alpha value is -2.34. The van der Waals surface area contributed by atoms with Crippen molar-refractivity contribution in [2.24, 2.45) is 0 Å². The molecule has 5 nitrogen and oxygen atoms in total. The van der Waals surface area contributed by atoms with E-state index in [0.717, 1.165) is 49.7 Å². The van der Waals surface area contributed by atoms with Gasteiger partial charge < -0.3 is 10.3 Å². The van der Waals surface area contributed by atoms with Crippen molar-refractivity contribution in [3.05, 3.63) is 70.9 Å². The number of benzene rings is 2. The van der Waals surface area contributed by atoms with Crippen LogP contribution < -0.4 is 5.32 Å². The minimum Gasteiger partial charge on any atom is -0.361 e. The predicted octanol–water partition coefficient (Wildman–Crippen LogP) is 3.30. The van der Waals surface area contributed by atoms with Gasteiger partial charge in [0.25, 0.3) is 0 Å². The Morgan fingerprint density at radius 1 is 1.00 bits per heavy atom. The van der Waals surface area contributed by atoms with Crippen LogP contribution >= 0.6 is 11.6 Å². The number of carbonyl (C=O) groups is 1. The molecular weight excluding hydrogens is 384 g/mol. The Morgan fingerprint density at radius 2 is 1.72 bits per heavy atom. The second-order valence-electron chi connectivity index (χ2n) is 7.64. The molecule has 29 heavy (non-hydrogen) atoms. The molecule has 0 aliphatic carbocycles. The van der Waals surface area contributed by atoms with Crippen LogP contribution in [0.4, 0.5) is 0 Å². The Labute approximate surface area is 176 Å². The van der Waals surface area contributed by atoms with Gasteiger partial charge in [0.2, 0.25) is 5.91 Å². The molecule has 0 radical (unpaired) electrons. The number of carbonyl (C=O) groups excluding carboxylic acids is 1. The molecule has 1 aromatic heterocycles. The van der Waals surface area contributed by atoms with E-state index in [-0.39, 0.29) is 5.91 Å². The Balaban J connectivity index is 1.16. The van der Waals surface area contributed by atoms with Crippen LogP contribution in [0, 0.1) is 0 Å².